The highest BCUT2D eigenvalue weighted by Crippen LogP contribution is 2.14. The number of sulfone groups is 1. The van der Waals surface area contributed by atoms with E-state index in [2.05, 4.69) is 5.32 Å². The van der Waals surface area contributed by atoms with Crippen molar-refractivity contribution in [3.8, 4) is 0 Å². The molecule has 6 nitrogen and oxygen atoms in total. The quantitative estimate of drug-likeness (QED) is 0.822. The minimum absolute atomic E-state index is 0.0535. The Kier molecular flexibility index (Phi) is 6.75. The Labute approximate surface area is 137 Å². The lowest BCUT2D eigenvalue weighted by atomic mass is 10.1. The number of benzene rings is 1. The first-order chi connectivity index (χ1) is 10.7. The second-order valence-corrected chi connectivity index (χ2v) is 7.84. The smallest absolute Gasteiger partial charge is 0.253 e. The highest BCUT2D eigenvalue weighted by atomic mass is 32.2. The molecule has 0 aliphatic carbocycles. The number of nitrogens with zero attached hydrogens (tertiary/aromatic N) is 1. The van der Waals surface area contributed by atoms with Gasteiger partial charge in [-0.2, -0.15) is 0 Å². The molecule has 1 aromatic carbocycles. The molecule has 23 heavy (non-hydrogen) atoms. The van der Waals surface area contributed by atoms with Gasteiger partial charge in [-0.3, -0.25) is 9.59 Å². The van der Waals surface area contributed by atoms with E-state index in [0.29, 0.717) is 17.7 Å². The van der Waals surface area contributed by atoms with Crippen LogP contribution in [-0.4, -0.2) is 49.7 Å². The third-order valence-electron chi connectivity index (χ3n) is 3.63. The molecular formula is C16H24N2O4S. The van der Waals surface area contributed by atoms with Crippen LogP contribution in [0, 0.1) is 0 Å². The van der Waals surface area contributed by atoms with Crippen molar-refractivity contribution >= 4 is 27.3 Å². The number of carbonyl (C=O) groups is 2. The molecule has 0 bridgehead atoms. The zero-order chi connectivity index (χ0) is 17.6. The molecule has 0 aliphatic heterocycles. The van der Waals surface area contributed by atoms with Gasteiger partial charge in [0.15, 0.2) is 9.84 Å². The molecule has 0 aromatic heterocycles. The summed E-state index contributed by atoms with van der Waals surface area (Å²) in [6.07, 6.45) is 0.351. The van der Waals surface area contributed by atoms with Gasteiger partial charge in [-0.25, -0.2) is 8.42 Å². The van der Waals surface area contributed by atoms with E-state index in [1.165, 1.54) is 4.90 Å². The van der Waals surface area contributed by atoms with Crippen LogP contribution in [0.25, 0.3) is 0 Å². The standard InChI is InChI=1S/C16H24N2O4S/c1-5-15(19)17-14-9-7-8-13(10-14)16(20)18(4)12(3)11-23(21,22)6-2/h7-10,12H,5-6,11H2,1-4H3,(H,17,19). The molecule has 128 valence electrons. The summed E-state index contributed by atoms with van der Waals surface area (Å²) in [7, 11) is -1.58. The summed E-state index contributed by atoms with van der Waals surface area (Å²) < 4.78 is 23.4. The molecule has 0 fully saturated rings. The largest absolute Gasteiger partial charge is 0.338 e. The molecular weight excluding hydrogens is 316 g/mol. The fraction of sp³-hybridized carbons (Fsp3) is 0.500. The lowest BCUT2D eigenvalue weighted by molar-refractivity contribution is -0.115. The molecule has 0 radical (unpaired) electrons. The number of amides is 2. The number of rotatable bonds is 7. The van der Waals surface area contributed by atoms with Crippen LogP contribution in [0.1, 0.15) is 37.6 Å². The lowest BCUT2D eigenvalue weighted by Gasteiger charge is -2.25. The van der Waals surface area contributed by atoms with E-state index in [-0.39, 0.29) is 23.3 Å². The lowest BCUT2D eigenvalue weighted by Crippen LogP contribution is -2.39. The normalized spacial score (nSPS) is 12.5. The van der Waals surface area contributed by atoms with Gasteiger partial charge in [0.25, 0.3) is 5.91 Å². The van der Waals surface area contributed by atoms with E-state index < -0.39 is 15.9 Å². The third-order valence-corrected chi connectivity index (χ3v) is 5.50. The predicted octanol–water partition coefficient (Wildman–Crippen LogP) is 1.93. The topological polar surface area (TPSA) is 83.6 Å². The molecule has 0 heterocycles. The van der Waals surface area contributed by atoms with Gasteiger partial charge in [0, 0.05) is 36.5 Å². The Morgan fingerprint density at radius 1 is 1.26 bits per heavy atom. The summed E-state index contributed by atoms with van der Waals surface area (Å²) in [5.41, 5.74) is 0.951. The zero-order valence-electron chi connectivity index (χ0n) is 14.0. The van der Waals surface area contributed by atoms with Crippen molar-refractivity contribution < 1.29 is 18.0 Å². The second-order valence-electron chi connectivity index (χ2n) is 5.45. The Balaban J connectivity index is 2.87. The van der Waals surface area contributed by atoms with Crippen molar-refractivity contribution in [3.05, 3.63) is 29.8 Å². The van der Waals surface area contributed by atoms with E-state index in [4.69, 9.17) is 0 Å². The van der Waals surface area contributed by atoms with Crippen LogP contribution in [0.2, 0.25) is 0 Å². The van der Waals surface area contributed by atoms with Gasteiger partial charge in [-0.05, 0) is 25.1 Å². The van der Waals surface area contributed by atoms with Crippen LogP contribution in [0.15, 0.2) is 24.3 Å². The third kappa shape index (κ3) is 5.67. The molecule has 1 N–H and O–H groups in total. The van der Waals surface area contributed by atoms with E-state index >= 15 is 0 Å². The summed E-state index contributed by atoms with van der Waals surface area (Å²) in [5, 5.41) is 2.70. The van der Waals surface area contributed by atoms with E-state index in [0.717, 1.165) is 0 Å². The van der Waals surface area contributed by atoms with Gasteiger partial charge in [0.1, 0.15) is 0 Å². The van der Waals surface area contributed by atoms with Crippen molar-refractivity contribution in [1.29, 1.82) is 0 Å². The van der Waals surface area contributed by atoms with Crippen LogP contribution in [0.3, 0.4) is 0 Å². The van der Waals surface area contributed by atoms with Crippen molar-refractivity contribution in [2.24, 2.45) is 0 Å². The Hall–Kier alpha value is -1.89. The van der Waals surface area contributed by atoms with Gasteiger partial charge >= 0.3 is 0 Å². The fourth-order valence-corrected chi connectivity index (χ4v) is 3.17. The maximum atomic E-state index is 12.5. The van der Waals surface area contributed by atoms with E-state index in [9.17, 15) is 18.0 Å². The van der Waals surface area contributed by atoms with Crippen LogP contribution >= 0.6 is 0 Å². The van der Waals surface area contributed by atoms with Crippen LogP contribution in [-0.2, 0) is 14.6 Å². The van der Waals surface area contributed by atoms with Crippen LogP contribution in [0.4, 0.5) is 5.69 Å². The molecule has 1 aromatic rings. The number of carbonyl (C=O) groups excluding carboxylic acids is 2. The maximum Gasteiger partial charge on any atom is 0.253 e. The number of anilines is 1. The van der Waals surface area contributed by atoms with Crippen LogP contribution in [0.5, 0.6) is 0 Å². The SMILES string of the molecule is CCC(=O)Nc1cccc(C(=O)N(C)C(C)CS(=O)(=O)CC)c1. The summed E-state index contributed by atoms with van der Waals surface area (Å²) in [6.45, 7) is 5.03. The van der Waals surface area contributed by atoms with Gasteiger partial charge in [-0.15, -0.1) is 0 Å². The first kappa shape index (κ1) is 19.2. The monoisotopic (exact) mass is 340 g/mol. The van der Waals surface area contributed by atoms with Gasteiger partial charge in [0.2, 0.25) is 5.91 Å². The number of nitrogens with one attached hydrogen (secondary N) is 1. The average molecular weight is 340 g/mol. The molecule has 7 heteroatoms. The Bertz CT molecular complexity index is 670. The average Bonchev–Trinajstić information content (AvgIpc) is 2.53. The molecule has 0 aliphatic rings. The highest BCUT2D eigenvalue weighted by molar-refractivity contribution is 7.91. The minimum Gasteiger partial charge on any atom is -0.338 e. The summed E-state index contributed by atoms with van der Waals surface area (Å²) in [4.78, 5) is 25.3. The minimum atomic E-state index is -3.16. The van der Waals surface area contributed by atoms with Crippen molar-refractivity contribution in [3.63, 3.8) is 0 Å². The molecule has 0 spiro atoms. The van der Waals surface area contributed by atoms with Gasteiger partial charge < -0.3 is 10.2 Å². The van der Waals surface area contributed by atoms with Gasteiger partial charge in [-0.1, -0.05) is 19.9 Å². The molecule has 1 unspecified atom stereocenters. The summed E-state index contributed by atoms with van der Waals surface area (Å²) >= 11 is 0. The zero-order valence-corrected chi connectivity index (χ0v) is 14.8. The first-order valence-electron chi connectivity index (χ1n) is 7.57. The molecule has 1 rings (SSSR count). The highest BCUT2D eigenvalue weighted by Gasteiger charge is 2.22. The molecule has 0 saturated heterocycles. The number of hydrogen-bond acceptors (Lipinski definition) is 4. The Morgan fingerprint density at radius 3 is 2.48 bits per heavy atom. The van der Waals surface area contributed by atoms with E-state index in [1.54, 1.807) is 52.1 Å². The Morgan fingerprint density at radius 2 is 1.91 bits per heavy atom. The first-order valence-corrected chi connectivity index (χ1v) is 9.39. The predicted molar refractivity (Wildman–Crippen MR) is 91.2 cm³/mol. The van der Waals surface area contributed by atoms with Crippen molar-refractivity contribution in [1.82, 2.24) is 4.90 Å². The van der Waals surface area contributed by atoms with Crippen molar-refractivity contribution in [2.75, 3.05) is 23.9 Å². The molecule has 2 amide bonds. The van der Waals surface area contributed by atoms with Crippen molar-refractivity contribution in [2.45, 2.75) is 33.2 Å². The second kappa shape index (κ2) is 8.10. The van der Waals surface area contributed by atoms with E-state index in [1.807, 2.05) is 0 Å². The summed E-state index contributed by atoms with van der Waals surface area (Å²) in [6, 6.07) is 6.19. The molecule has 1 atom stereocenters. The van der Waals surface area contributed by atoms with Gasteiger partial charge in [0.05, 0.1) is 5.75 Å². The maximum absolute atomic E-state index is 12.5. The number of hydrogen-bond donors (Lipinski definition) is 1. The summed E-state index contributed by atoms with van der Waals surface area (Å²) in [5.74, 6) is -0.433. The van der Waals surface area contributed by atoms with Crippen LogP contribution < -0.4 is 5.32 Å². The molecule has 0 saturated carbocycles. The fourth-order valence-electron chi connectivity index (χ4n) is 1.98.